The summed E-state index contributed by atoms with van der Waals surface area (Å²) in [4.78, 5) is 5.71. The molecule has 0 aromatic heterocycles. The zero-order chi connectivity index (χ0) is 13.8. The van der Waals surface area contributed by atoms with Crippen molar-refractivity contribution in [3.8, 4) is 0 Å². The second kappa shape index (κ2) is 12.0. The Labute approximate surface area is 115 Å². The predicted molar refractivity (Wildman–Crippen MR) is 80.6 cm³/mol. The van der Waals surface area contributed by atoms with Gasteiger partial charge in [0.1, 0.15) is 0 Å². The Hall–Kier alpha value is -0.0800. The fourth-order valence-corrected chi connectivity index (χ4v) is 2.72. The monoisotopic (exact) mass is 257 g/mol. The van der Waals surface area contributed by atoms with Gasteiger partial charge in [-0.15, -0.1) is 0 Å². The first kappa shape index (κ1) is 17.9. The Balaban J connectivity index is 4.26. The Kier molecular flexibility index (Phi) is 11.9. The average molecular weight is 257 g/mol. The minimum atomic E-state index is 0.803. The molecule has 0 aliphatic carbocycles. The molecule has 0 saturated carbocycles. The molecule has 0 N–H and O–H groups in total. The van der Waals surface area contributed by atoms with Crippen LogP contribution >= 0.6 is 0 Å². The first-order valence-corrected chi connectivity index (χ1v) is 8.03. The maximum Gasteiger partial charge on any atom is 0.0682 e. The van der Waals surface area contributed by atoms with Crippen LogP contribution in [-0.2, 0) is 4.84 Å². The molecule has 0 rings (SSSR count). The van der Waals surface area contributed by atoms with Crippen LogP contribution in [0.4, 0.5) is 0 Å². The van der Waals surface area contributed by atoms with Gasteiger partial charge in [-0.25, -0.2) is 0 Å². The van der Waals surface area contributed by atoms with Crippen molar-refractivity contribution in [2.75, 3.05) is 20.2 Å². The maximum atomic E-state index is 5.71. The normalized spacial score (nSPS) is 15.0. The topological polar surface area (TPSA) is 12.5 Å². The van der Waals surface area contributed by atoms with Crippen molar-refractivity contribution in [1.29, 1.82) is 0 Å². The van der Waals surface area contributed by atoms with E-state index in [1.165, 1.54) is 38.5 Å². The van der Waals surface area contributed by atoms with Gasteiger partial charge in [0.05, 0.1) is 6.61 Å². The second-order valence-electron chi connectivity index (χ2n) is 5.50. The molecule has 0 aliphatic heterocycles. The van der Waals surface area contributed by atoms with E-state index in [9.17, 15) is 0 Å². The van der Waals surface area contributed by atoms with Crippen LogP contribution in [0, 0.1) is 11.8 Å². The van der Waals surface area contributed by atoms with Crippen LogP contribution in [0.5, 0.6) is 0 Å². The Morgan fingerprint density at radius 2 is 1.61 bits per heavy atom. The summed E-state index contributed by atoms with van der Waals surface area (Å²) in [5, 5.41) is 2.07. The molecule has 2 atom stereocenters. The van der Waals surface area contributed by atoms with Gasteiger partial charge in [-0.3, -0.25) is 4.84 Å². The molecule has 0 aromatic carbocycles. The number of nitrogens with zero attached hydrogens (tertiary/aromatic N) is 1. The molecule has 2 heteroatoms. The van der Waals surface area contributed by atoms with Crippen LogP contribution in [0.15, 0.2) is 0 Å². The number of hydrogen-bond acceptors (Lipinski definition) is 2. The Morgan fingerprint density at radius 1 is 0.889 bits per heavy atom. The van der Waals surface area contributed by atoms with Gasteiger partial charge in [0.2, 0.25) is 0 Å². The fraction of sp³-hybridized carbons (Fsp3) is 1.00. The smallest absolute Gasteiger partial charge is 0.0682 e. The van der Waals surface area contributed by atoms with Crippen molar-refractivity contribution < 1.29 is 4.84 Å². The van der Waals surface area contributed by atoms with Gasteiger partial charge >= 0.3 is 0 Å². The van der Waals surface area contributed by atoms with Gasteiger partial charge in [-0.1, -0.05) is 59.8 Å². The highest BCUT2D eigenvalue weighted by molar-refractivity contribution is 4.70. The van der Waals surface area contributed by atoms with Crippen LogP contribution in [0.25, 0.3) is 0 Å². The standard InChI is InChI=1S/C16H35NO/c1-6-10-12-16(15(9-4)11-7-2)14-17(5)18-13-8-3/h15-16H,6-14H2,1-5H3. The first-order valence-electron chi connectivity index (χ1n) is 8.03. The van der Waals surface area contributed by atoms with Crippen LogP contribution in [-0.4, -0.2) is 25.3 Å². The van der Waals surface area contributed by atoms with Crippen molar-refractivity contribution in [3.63, 3.8) is 0 Å². The zero-order valence-corrected chi connectivity index (χ0v) is 13.4. The summed E-state index contributed by atoms with van der Waals surface area (Å²) in [5.41, 5.74) is 0. The van der Waals surface area contributed by atoms with Gasteiger partial charge in [0, 0.05) is 13.6 Å². The van der Waals surface area contributed by atoms with E-state index in [0.29, 0.717) is 0 Å². The number of hydrogen-bond donors (Lipinski definition) is 0. The molecule has 0 radical (unpaired) electrons. The van der Waals surface area contributed by atoms with E-state index in [-0.39, 0.29) is 0 Å². The highest BCUT2D eigenvalue weighted by atomic mass is 16.7. The molecule has 0 amide bonds. The van der Waals surface area contributed by atoms with Crippen molar-refractivity contribution in [1.82, 2.24) is 5.06 Å². The third-order valence-electron chi connectivity index (χ3n) is 3.79. The Morgan fingerprint density at radius 3 is 2.11 bits per heavy atom. The van der Waals surface area contributed by atoms with Crippen molar-refractivity contribution in [2.45, 2.75) is 72.6 Å². The van der Waals surface area contributed by atoms with Crippen LogP contribution in [0.3, 0.4) is 0 Å². The minimum Gasteiger partial charge on any atom is -0.299 e. The van der Waals surface area contributed by atoms with Gasteiger partial charge < -0.3 is 0 Å². The van der Waals surface area contributed by atoms with E-state index >= 15 is 0 Å². The number of hydroxylamine groups is 2. The largest absolute Gasteiger partial charge is 0.299 e. The molecular formula is C16H35NO. The van der Waals surface area contributed by atoms with Crippen molar-refractivity contribution in [2.24, 2.45) is 11.8 Å². The molecule has 0 aliphatic rings. The molecule has 0 heterocycles. The summed E-state index contributed by atoms with van der Waals surface area (Å²) in [6.45, 7) is 11.0. The van der Waals surface area contributed by atoms with E-state index in [0.717, 1.165) is 31.4 Å². The van der Waals surface area contributed by atoms with Crippen molar-refractivity contribution in [3.05, 3.63) is 0 Å². The molecule has 2 nitrogen and oxygen atoms in total. The van der Waals surface area contributed by atoms with Gasteiger partial charge in [0.15, 0.2) is 0 Å². The fourth-order valence-electron chi connectivity index (χ4n) is 2.72. The summed E-state index contributed by atoms with van der Waals surface area (Å²) in [7, 11) is 2.09. The summed E-state index contributed by atoms with van der Waals surface area (Å²) < 4.78 is 0. The molecular weight excluding hydrogens is 222 g/mol. The van der Waals surface area contributed by atoms with Gasteiger partial charge in [0.25, 0.3) is 0 Å². The lowest BCUT2D eigenvalue weighted by atomic mass is 9.83. The molecule has 0 aromatic rings. The quantitative estimate of drug-likeness (QED) is 0.461. The molecule has 0 bridgehead atoms. The van der Waals surface area contributed by atoms with E-state index in [1.807, 2.05) is 0 Å². The lowest BCUT2D eigenvalue weighted by Gasteiger charge is -2.30. The number of rotatable bonds is 12. The highest BCUT2D eigenvalue weighted by Crippen LogP contribution is 2.26. The number of unbranched alkanes of at least 4 members (excludes halogenated alkanes) is 1. The third-order valence-corrected chi connectivity index (χ3v) is 3.79. The van der Waals surface area contributed by atoms with Gasteiger partial charge in [-0.05, 0) is 24.7 Å². The summed E-state index contributed by atoms with van der Waals surface area (Å²) in [5.74, 6) is 1.67. The van der Waals surface area contributed by atoms with Crippen molar-refractivity contribution >= 4 is 0 Å². The van der Waals surface area contributed by atoms with E-state index in [4.69, 9.17) is 4.84 Å². The summed E-state index contributed by atoms with van der Waals surface area (Å²) in [6, 6.07) is 0. The highest BCUT2D eigenvalue weighted by Gasteiger charge is 2.20. The molecule has 18 heavy (non-hydrogen) atoms. The van der Waals surface area contributed by atoms with Crippen LogP contribution in [0.2, 0.25) is 0 Å². The molecule has 0 saturated heterocycles. The van der Waals surface area contributed by atoms with E-state index in [1.54, 1.807) is 0 Å². The van der Waals surface area contributed by atoms with E-state index in [2.05, 4.69) is 39.8 Å². The molecule has 2 unspecified atom stereocenters. The minimum absolute atomic E-state index is 0.803. The maximum absolute atomic E-state index is 5.71. The first-order chi connectivity index (χ1) is 8.69. The third kappa shape index (κ3) is 8.10. The average Bonchev–Trinajstić information content (AvgIpc) is 2.38. The SMILES string of the molecule is CCCCC(CN(C)OCCC)C(CC)CCC. The second-order valence-corrected chi connectivity index (χ2v) is 5.50. The summed E-state index contributed by atoms with van der Waals surface area (Å²) in [6.07, 6.45) is 9.09. The lowest BCUT2D eigenvalue weighted by Crippen LogP contribution is -2.30. The predicted octanol–water partition coefficient (Wildman–Crippen LogP) is 4.89. The van der Waals surface area contributed by atoms with Gasteiger partial charge in [-0.2, -0.15) is 5.06 Å². The molecule has 0 spiro atoms. The summed E-state index contributed by atoms with van der Waals surface area (Å²) >= 11 is 0. The van der Waals surface area contributed by atoms with Crippen LogP contribution in [0.1, 0.15) is 72.6 Å². The lowest BCUT2D eigenvalue weighted by molar-refractivity contribution is -0.151. The molecule has 110 valence electrons. The Bertz CT molecular complexity index is 172. The zero-order valence-electron chi connectivity index (χ0n) is 13.4. The van der Waals surface area contributed by atoms with E-state index < -0.39 is 0 Å². The molecule has 0 fully saturated rings. The van der Waals surface area contributed by atoms with Crippen LogP contribution < -0.4 is 0 Å².